The van der Waals surface area contributed by atoms with Crippen LogP contribution in [0.2, 0.25) is 0 Å². The molecular formula is C30H31F6N4O5S3Se2+. The second-order valence-electron chi connectivity index (χ2n) is 10.7. The second kappa shape index (κ2) is 16.0. The van der Waals surface area contributed by atoms with Crippen molar-refractivity contribution < 1.29 is 52.0 Å². The number of alkyl halides is 6. The zero-order valence-electron chi connectivity index (χ0n) is 26.5. The summed E-state index contributed by atoms with van der Waals surface area (Å²) in [6, 6.07) is 10.8. The van der Waals surface area contributed by atoms with Crippen LogP contribution in [0.25, 0.3) is 15.9 Å². The van der Waals surface area contributed by atoms with Gasteiger partial charge in [-0.15, -0.1) is 0 Å². The molecule has 0 saturated carbocycles. The summed E-state index contributed by atoms with van der Waals surface area (Å²) >= 11 is -0.508. The van der Waals surface area contributed by atoms with Crippen molar-refractivity contribution in [3.05, 3.63) is 87.1 Å². The summed E-state index contributed by atoms with van der Waals surface area (Å²) in [5, 5.41) is 0. The molecule has 272 valence electrons. The first kappa shape index (κ1) is 40.2. The predicted molar refractivity (Wildman–Crippen MR) is 183 cm³/mol. The molecule has 50 heavy (non-hydrogen) atoms. The van der Waals surface area contributed by atoms with Crippen LogP contribution in [0.15, 0.2) is 81.8 Å². The van der Waals surface area contributed by atoms with Crippen LogP contribution in [0.1, 0.15) is 17.1 Å². The summed E-state index contributed by atoms with van der Waals surface area (Å²) in [7, 11) is -12.2. The van der Waals surface area contributed by atoms with Gasteiger partial charge in [0.15, 0.2) is 0 Å². The number of nitrogens with one attached hydrogen (secondary N) is 2. The Labute approximate surface area is 300 Å². The Morgan fingerprint density at radius 2 is 1.62 bits per heavy atom. The molecule has 0 radical (unpaired) electrons. The van der Waals surface area contributed by atoms with Crippen LogP contribution >= 0.6 is 0 Å². The Morgan fingerprint density at radius 3 is 2.26 bits per heavy atom. The van der Waals surface area contributed by atoms with Crippen LogP contribution in [0.5, 0.6) is 0 Å². The van der Waals surface area contributed by atoms with E-state index in [9.17, 15) is 47.4 Å². The van der Waals surface area contributed by atoms with Crippen molar-refractivity contribution in [2.75, 3.05) is 30.8 Å². The second-order valence-corrected chi connectivity index (χ2v) is 20.1. The number of aryl methyl sites for hydroxylation is 1. The zero-order valence-corrected chi connectivity index (χ0v) is 32.4. The molecule has 2 aromatic carbocycles. The van der Waals surface area contributed by atoms with Gasteiger partial charge in [0, 0.05) is 0 Å². The molecule has 1 aliphatic rings. The van der Waals surface area contributed by atoms with Gasteiger partial charge in [-0.1, -0.05) is 0 Å². The Balaban J connectivity index is 1.52. The van der Waals surface area contributed by atoms with Gasteiger partial charge in [-0.05, 0) is 0 Å². The van der Waals surface area contributed by atoms with Gasteiger partial charge >= 0.3 is 302 Å². The molecule has 0 aliphatic carbocycles. The number of nitrogens with zero attached hydrogens (tertiary/aromatic N) is 2. The topological polar surface area (TPSA) is 117 Å². The normalized spacial score (nSPS) is 16.4. The van der Waals surface area contributed by atoms with Gasteiger partial charge in [0.25, 0.3) is 0 Å². The van der Waals surface area contributed by atoms with E-state index < -0.39 is 55.0 Å². The van der Waals surface area contributed by atoms with Crippen LogP contribution in [0.3, 0.4) is 0 Å². The first-order valence-electron chi connectivity index (χ1n) is 14.4. The van der Waals surface area contributed by atoms with E-state index in [-0.39, 0.29) is 42.5 Å². The number of anilines is 1. The molecule has 2 N–H and O–H groups in total. The molecule has 1 atom stereocenters. The van der Waals surface area contributed by atoms with E-state index in [1.54, 1.807) is 67.5 Å². The maximum absolute atomic E-state index is 12.8. The molecule has 0 spiro atoms. The van der Waals surface area contributed by atoms with E-state index in [4.69, 9.17) is 0 Å². The molecule has 9 nitrogen and oxygen atoms in total. The zero-order chi connectivity index (χ0) is 37.1. The third-order valence-corrected chi connectivity index (χ3v) is 15.0. The number of halogens is 6. The van der Waals surface area contributed by atoms with E-state index in [0.29, 0.717) is 10.6 Å². The van der Waals surface area contributed by atoms with Gasteiger partial charge in [0.05, 0.1) is 0 Å². The fourth-order valence-corrected chi connectivity index (χ4v) is 11.2. The number of benzene rings is 2. The Bertz CT molecular complexity index is 2130. The molecule has 0 saturated heterocycles. The van der Waals surface area contributed by atoms with Crippen LogP contribution in [0.4, 0.5) is 32.0 Å². The fourth-order valence-electron chi connectivity index (χ4n) is 4.55. The van der Waals surface area contributed by atoms with Crippen LogP contribution in [-0.2, 0) is 37.4 Å². The summed E-state index contributed by atoms with van der Waals surface area (Å²) < 4.78 is 143. The van der Waals surface area contributed by atoms with E-state index in [1.807, 2.05) is 38.1 Å². The van der Waals surface area contributed by atoms with Gasteiger partial charge in [0.1, 0.15) is 0 Å². The van der Waals surface area contributed by atoms with E-state index in [2.05, 4.69) is 0 Å². The first-order chi connectivity index (χ1) is 23.2. The van der Waals surface area contributed by atoms with Gasteiger partial charge in [-0.3, -0.25) is 0 Å². The summed E-state index contributed by atoms with van der Waals surface area (Å²) in [6.45, 7) is 2.70. The Morgan fingerprint density at radius 1 is 0.960 bits per heavy atom. The van der Waals surface area contributed by atoms with Crippen LogP contribution < -0.4 is 23.4 Å². The average Bonchev–Trinajstić information content (AvgIpc) is 3.52. The minimum atomic E-state index is -5.51. The number of hydrogen-bond acceptors (Lipinski definition) is 6. The van der Waals surface area contributed by atoms with Gasteiger partial charge in [-0.25, -0.2) is 0 Å². The molecule has 1 aliphatic heterocycles. The molecule has 2 heterocycles. The van der Waals surface area contributed by atoms with Crippen molar-refractivity contribution in [2.24, 2.45) is 0 Å². The summed E-state index contributed by atoms with van der Waals surface area (Å²) in [5.74, 6) is 0. The van der Waals surface area contributed by atoms with Gasteiger partial charge in [0.2, 0.25) is 0 Å². The summed E-state index contributed by atoms with van der Waals surface area (Å²) in [4.78, 5) is 2.31. The van der Waals surface area contributed by atoms with Crippen molar-refractivity contribution in [3.8, 4) is 0 Å². The molecule has 1 aromatic heterocycles. The number of rotatable bonds is 13. The van der Waals surface area contributed by atoms with Crippen molar-refractivity contribution in [1.82, 2.24) is 9.44 Å². The molecule has 0 amide bonds. The molecule has 20 heteroatoms. The number of hydrogen-bond donors (Lipinski definition) is 2. The predicted octanol–water partition coefficient (Wildman–Crippen LogP) is 3.32. The SMILES string of the molecule is CC(/C=C/C=C1\[Se]c2cc(S(C)=O)ccc2N1CCNS(=O)(=O)C(F)(F)F)=C\C=C\c1[se]c2cc(C)ccc2[n+]1CCNS(=O)(=O)C(F)(F)F. The fraction of sp³-hybridized carbons (Fsp3) is 0.300. The van der Waals surface area contributed by atoms with Crippen molar-refractivity contribution in [3.63, 3.8) is 0 Å². The molecule has 4 rings (SSSR count). The van der Waals surface area contributed by atoms with Crippen molar-refractivity contribution in [2.45, 2.75) is 36.3 Å². The standard InChI is InChI=1S/C30H31F6N4O5S3Se2/c1-20(6-4-8-27-39(16-14-37-47(42,43)29(31,32)33)23-12-10-21(2)18-25(23)49-27)7-5-9-28-40(17-15-38-48(44,45)30(34,35)36)24-13-11-22(46(3)41)19-26(24)50-28/h4-13,18-19,37-38H,14-17H2,1-3H3/q+1. The third kappa shape index (κ3) is 9.86. The van der Waals surface area contributed by atoms with Gasteiger partial charge < -0.3 is 0 Å². The Kier molecular flexibility index (Phi) is 12.9. The third-order valence-electron chi connectivity index (χ3n) is 6.98. The Hall–Kier alpha value is -2.54. The van der Waals surface area contributed by atoms with Gasteiger partial charge in [-0.2, -0.15) is 0 Å². The minimum absolute atomic E-state index is 0.0169. The van der Waals surface area contributed by atoms with E-state index >= 15 is 0 Å². The average molecular weight is 896 g/mol. The van der Waals surface area contributed by atoms with E-state index in [0.717, 1.165) is 34.5 Å². The molecule has 0 fully saturated rings. The van der Waals surface area contributed by atoms with Crippen molar-refractivity contribution in [1.29, 1.82) is 0 Å². The monoisotopic (exact) mass is 897 g/mol. The number of allylic oxidation sites excluding steroid dienone is 6. The van der Waals surface area contributed by atoms with Crippen LogP contribution in [-0.4, -0.2) is 87.4 Å². The van der Waals surface area contributed by atoms with E-state index in [1.165, 1.54) is 6.26 Å². The number of sulfonamides is 2. The summed E-state index contributed by atoms with van der Waals surface area (Å²) in [6.07, 6.45) is 12.2. The molecule has 3 aromatic rings. The van der Waals surface area contributed by atoms with Crippen molar-refractivity contribution >= 4 is 86.3 Å². The molecule has 1 unspecified atom stereocenters. The quantitative estimate of drug-likeness (QED) is 0.118. The molecular weight excluding hydrogens is 864 g/mol. The molecule has 0 bridgehead atoms. The maximum atomic E-state index is 12.8. The number of aromatic nitrogens is 1. The van der Waals surface area contributed by atoms with Crippen LogP contribution in [0, 0.1) is 6.92 Å². The number of fused-ring (bicyclic) bond motifs is 2. The summed E-state index contributed by atoms with van der Waals surface area (Å²) in [5.41, 5.74) is -7.55. The first-order valence-corrected chi connectivity index (χ1v) is 22.4.